The number of unbranched alkanes of at least 4 members (excludes halogenated alkanes) is 1. The molecule has 2 N–H and O–H groups in total. The van der Waals surface area contributed by atoms with Crippen molar-refractivity contribution in [1.29, 1.82) is 0 Å². The Morgan fingerprint density at radius 3 is 2.55 bits per heavy atom. The third-order valence-electron chi connectivity index (χ3n) is 4.25. The first-order valence-corrected chi connectivity index (χ1v) is 8.25. The van der Waals surface area contributed by atoms with E-state index in [1.165, 1.54) is 52.0 Å². The summed E-state index contributed by atoms with van der Waals surface area (Å²) in [6.07, 6.45) is 4.76. The fourth-order valence-electron chi connectivity index (χ4n) is 3.07. The highest BCUT2D eigenvalue weighted by molar-refractivity contribution is 4.83. The van der Waals surface area contributed by atoms with E-state index in [2.05, 4.69) is 42.9 Å². The predicted molar refractivity (Wildman–Crippen MR) is 86.2 cm³/mol. The molecule has 4 nitrogen and oxygen atoms in total. The molecule has 0 amide bonds. The molecule has 20 heavy (non-hydrogen) atoms. The standard InChI is InChI=1S/C16H35N3O/c1-15(2)17-16(3,14-20)8-5-6-10-19-11-7-9-18(4)12-13-19/h15,17,20H,5-14H2,1-4H3. The third-order valence-corrected chi connectivity index (χ3v) is 4.25. The van der Waals surface area contributed by atoms with E-state index in [0.29, 0.717) is 6.04 Å². The van der Waals surface area contributed by atoms with Crippen LogP contribution in [0.15, 0.2) is 0 Å². The van der Waals surface area contributed by atoms with Gasteiger partial charge in [0, 0.05) is 24.7 Å². The first-order valence-electron chi connectivity index (χ1n) is 8.25. The van der Waals surface area contributed by atoms with Gasteiger partial charge < -0.3 is 20.2 Å². The Morgan fingerprint density at radius 1 is 1.15 bits per heavy atom. The maximum Gasteiger partial charge on any atom is 0.0610 e. The van der Waals surface area contributed by atoms with Crippen LogP contribution in [0.4, 0.5) is 0 Å². The van der Waals surface area contributed by atoms with Crippen LogP contribution in [-0.4, -0.2) is 72.9 Å². The van der Waals surface area contributed by atoms with Gasteiger partial charge in [-0.2, -0.15) is 0 Å². The van der Waals surface area contributed by atoms with Gasteiger partial charge in [-0.25, -0.2) is 0 Å². The zero-order valence-electron chi connectivity index (χ0n) is 14.0. The van der Waals surface area contributed by atoms with Gasteiger partial charge in [0.1, 0.15) is 0 Å². The highest BCUT2D eigenvalue weighted by atomic mass is 16.3. The molecule has 0 bridgehead atoms. The van der Waals surface area contributed by atoms with E-state index in [9.17, 15) is 5.11 Å². The van der Waals surface area contributed by atoms with Crippen molar-refractivity contribution in [1.82, 2.24) is 15.1 Å². The highest BCUT2D eigenvalue weighted by Crippen LogP contribution is 2.15. The lowest BCUT2D eigenvalue weighted by molar-refractivity contribution is 0.152. The van der Waals surface area contributed by atoms with Crippen LogP contribution in [0.5, 0.6) is 0 Å². The smallest absolute Gasteiger partial charge is 0.0610 e. The van der Waals surface area contributed by atoms with Crippen LogP contribution in [0.25, 0.3) is 0 Å². The van der Waals surface area contributed by atoms with Crippen molar-refractivity contribution in [2.45, 2.75) is 58.0 Å². The summed E-state index contributed by atoms with van der Waals surface area (Å²) in [7, 11) is 2.22. The molecule has 1 fully saturated rings. The minimum atomic E-state index is -0.118. The first kappa shape index (κ1) is 17.9. The Kier molecular flexibility index (Phi) is 8.03. The zero-order chi connectivity index (χ0) is 15.0. The summed E-state index contributed by atoms with van der Waals surface area (Å²) >= 11 is 0. The van der Waals surface area contributed by atoms with Gasteiger partial charge >= 0.3 is 0 Å². The third kappa shape index (κ3) is 7.02. The Labute approximate surface area is 125 Å². The van der Waals surface area contributed by atoms with Crippen LogP contribution in [0, 0.1) is 0 Å². The summed E-state index contributed by atoms with van der Waals surface area (Å²) < 4.78 is 0. The molecule has 1 rings (SSSR count). The number of nitrogens with one attached hydrogen (secondary N) is 1. The fraction of sp³-hybridized carbons (Fsp3) is 1.00. The molecule has 1 aliphatic heterocycles. The second-order valence-corrected chi connectivity index (χ2v) is 6.97. The Hall–Kier alpha value is -0.160. The molecule has 1 atom stereocenters. The van der Waals surface area contributed by atoms with E-state index in [0.717, 1.165) is 6.42 Å². The molecule has 1 saturated heterocycles. The summed E-state index contributed by atoms with van der Waals surface area (Å²) in [6.45, 7) is 12.7. The van der Waals surface area contributed by atoms with E-state index in [1.807, 2.05) is 0 Å². The SMILES string of the molecule is CC(C)NC(C)(CO)CCCCN1CCCN(C)CC1. The van der Waals surface area contributed by atoms with Crippen molar-refractivity contribution in [2.24, 2.45) is 0 Å². The highest BCUT2D eigenvalue weighted by Gasteiger charge is 2.23. The quantitative estimate of drug-likeness (QED) is 0.664. The lowest BCUT2D eigenvalue weighted by Crippen LogP contribution is -2.49. The van der Waals surface area contributed by atoms with Crippen molar-refractivity contribution in [2.75, 3.05) is 46.4 Å². The van der Waals surface area contributed by atoms with E-state index >= 15 is 0 Å². The van der Waals surface area contributed by atoms with Gasteiger partial charge in [0.15, 0.2) is 0 Å². The van der Waals surface area contributed by atoms with Crippen LogP contribution in [0.3, 0.4) is 0 Å². The van der Waals surface area contributed by atoms with Crippen LogP contribution in [0.1, 0.15) is 46.5 Å². The summed E-state index contributed by atoms with van der Waals surface area (Å²) in [5.41, 5.74) is -0.118. The summed E-state index contributed by atoms with van der Waals surface area (Å²) in [4.78, 5) is 5.02. The van der Waals surface area contributed by atoms with E-state index in [-0.39, 0.29) is 12.1 Å². The minimum absolute atomic E-state index is 0.118. The van der Waals surface area contributed by atoms with Gasteiger partial charge in [-0.15, -0.1) is 0 Å². The molecule has 0 aromatic rings. The van der Waals surface area contributed by atoms with Gasteiger partial charge in [-0.1, -0.05) is 20.3 Å². The average Bonchev–Trinajstić information content (AvgIpc) is 2.59. The van der Waals surface area contributed by atoms with Gasteiger partial charge in [-0.05, 0) is 52.9 Å². The molecule has 0 aromatic carbocycles. The van der Waals surface area contributed by atoms with Gasteiger partial charge in [0.05, 0.1) is 6.61 Å². The summed E-state index contributed by atoms with van der Waals surface area (Å²) in [6, 6.07) is 0.424. The molecule has 0 radical (unpaired) electrons. The summed E-state index contributed by atoms with van der Waals surface area (Å²) in [5.74, 6) is 0. The number of hydrogen-bond acceptors (Lipinski definition) is 4. The average molecular weight is 285 g/mol. The van der Waals surface area contributed by atoms with Crippen LogP contribution >= 0.6 is 0 Å². The molecule has 0 saturated carbocycles. The van der Waals surface area contributed by atoms with Crippen LogP contribution in [0.2, 0.25) is 0 Å². The normalized spacial score (nSPS) is 21.9. The maximum absolute atomic E-state index is 9.57. The number of hydrogen-bond donors (Lipinski definition) is 2. The van der Waals surface area contributed by atoms with Crippen molar-refractivity contribution in [3.8, 4) is 0 Å². The lowest BCUT2D eigenvalue weighted by atomic mass is 9.94. The first-order chi connectivity index (χ1) is 9.45. The number of aliphatic hydroxyl groups excluding tert-OH is 1. The Bertz CT molecular complexity index is 260. The largest absolute Gasteiger partial charge is 0.394 e. The molecule has 1 aliphatic rings. The topological polar surface area (TPSA) is 38.7 Å². The molecular formula is C16H35N3O. The van der Waals surface area contributed by atoms with E-state index in [1.54, 1.807) is 0 Å². The van der Waals surface area contributed by atoms with Gasteiger partial charge in [0.25, 0.3) is 0 Å². The van der Waals surface area contributed by atoms with Crippen molar-refractivity contribution >= 4 is 0 Å². The van der Waals surface area contributed by atoms with Crippen LogP contribution < -0.4 is 5.32 Å². The second kappa shape index (κ2) is 8.98. The maximum atomic E-state index is 9.57. The molecular weight excluding hydrogens is 250 g/mol. The fourth-order valence-corrected chi connectivity index (χ4v) is 3.07. The number of likely N-dealkylation sites (N-methyl/N-ethyl adjacent to an activating group) is 1. The van der Waals surface area contributed by atoms with Gasteiger partial charge in [0.2, 0.25) is 0 Å². The Balaban J connectivity index is 2.19. The Morgan fingerprint density at radius 2 is 1.90 bits per heavy atom. The van der Waals surface area contributed by atoms with E-state index in [4.69, 9.17) is 0 Å². The second-order valence-electron chi connectivity index (χ2n) is 6.97. The van der Waals surface area contributed by atoms with Crippen LogP contribution in [-0.2, 0) is 0 Å². The molecule has 1 unspecified atom stereocenters. The van der Waals surface area contributed by atoms with Crippen molar-refractivity contribution in [3.63, 3.8) is 0 Å². The lowest BCUT2D eigenvalue weighted by Gasteiger charge is -2.31. The van der Waals surface area contributed by atoms with Gasteiger partial charge in [-0.3, -0.25) is 0 Å². The molecule has 0 aliphatic carbocycles. The van der Waals surface area contributed by atoms with Crippen molar-refractivity contribution < 1.29 is 5.11 Å². The van der Waals surface area contributed by atoms with E-state index < -0.39 is 0 Å². The molecule has 1 heterocycles. The predicted octanol–water partition coefficient (Wildman–Crippen LogP) is 1.54. The molecule has 0 spiro atoms. The molecule has 4 heteroatoms. The molecule has 120 valence electrons. The zero-order valence-corrected chi connectivity index (χ0v) is 14.0. The van der Waals surface area contributed by atoms with Crippen molar-refractivity contribution in [3.05, 3.63) is 0 Å². The summed E-state index contributed by atoms with van der Waals surface area (Å²) in [5, 5.41) is 13.1. The number of rotatable bonds is 8. The number of nitrogens with zero attached hydrogens (tertiary/aromatic N) is 2. The monoisotopic (exact) mass is 285 g/mol. The number of aliphatic hydroxyl groups is 1. The molecule has 0 aromatic heterocycles. The minimum Gasteiger partial charge on any atom is -0.394 e.